The molecule has 0 aliphatic rings. The molecule has 15 heavy (non-hydrogen) atoms. The van der Waals surface area contributed by atoms with Crippen molar-refractivity contribution in [3.63, 3.8) is 0 Å². The summed E-state index contributed by atoms with van der Waals surface area (Å²) in [6.45, 7) is 0. The Hall–Kier alpha value is -1.50. The zero-order chi connectivity index (χ0) is 11.4. The highest BCUT2D eigenvalue weighted by molar-refractivity contribution is 7.83. The van der Waals surface area contributed by atoms with Gasteiger partial charge in [-0.25, -0.2) is 22.5 Å². The van der Waals surface area contributed by atoms with Crippen LogP contribution in [0.4, 0.5) is 13.6 Å². The largest absolute Gasteiger partial charge is 0.452 e. The van der Waals surface area contributed by atoms with Crippen LogP contribution in [0.5, 0.6) is 0 Å². The summed E-state index contributed by atoms with van der Waals surface area (Å²) in [6.07, 6.45) is -0.961. The van der Waals surface area contributed by atoms with Gasteiger partial charge in [0.1, 0.15) is 11.6 Å². The third-order valence-corrected chi connectivity index (χ3v) is 2.54. The lowest BCUT2D eigenvalue weighted by Gasteiger charge is -2.04. The normalized spacial score (nSPS) is 11.9. The molecule has 0 spiro atoms. The van der Waals surface area contributed by atoms with Gasteiger partial charge in [0.25, 0.3) is 0 Å². The number of halogens is 2. The van der Waals surface area contributed by atoms with E-state index in [2.05, 4.69) is 4.74 Å². The summed E-state index contributed by atoms with van der Waals surface area (Å²) in [6, 6.07) is 2.50. The zero-order valence-corrected chi connectivity index (χ0v) is 8.44. The predicted molar refractivity (Wildman–Crippen MR) is 48.3 cm³/mol. The van der Waals surface area contributed by atoms with Crippen molar-refractivity contribution in [1.82, 2.24) is 4.72 Å². The molecule has 0 heterocycles. The van der Waals surface area contributed by atoms with Gasteiger partial charge in [-0.2, -0.15) is 0 Å². The van der Waals surface area contributed by atoms with Gasteiger partial charge in [-0.3, -0.25) is 0 Å². The third kappa shape index (κ3) is 2.98. The second kappa shape index (κ2) is 4.83. The van der Waals surface area contributed by atoms with Crippen LogP contribution < -0.4 is 4.72 Å². The number of benzene rings is 1. The molecule has 1 aromatic rings. The maximum atomic E-state index is 13.0. The van der Waals surface area contributed by atoms with E-state index in [1.807, 2.05) is 4.72 Å². The summed E-state index contributed by atoms with van der Waals surface area (Å²) < 4.78 is 42.8. The molecule has 0 radical (unpaired) electrons. The minimum Gasteiger partial charge on any atom is -0.452 e. The van der Waals surface area contributed by atoms with Crippen LogP contribution in [0.3, 0.4) is 0 Å². The van der Waals surface area contributed by atoms with E-state index in [0.29, 0.717) is 6.07 Å². The predicted octanol–water partition coefficient (Wildman–Crippen LogP) is 1.34. The van der Waals surface area contributed by atoms with Crippen LogP contribution in [0.15, 0.2) is 23.1 Å². The number of rotatable bonds is 2. The summed E-state index contributed by atoms with van der Waals surface area (Å²) in [7, 11) is -1.02. The molecule has 1 unspecified atom stereocenters. The molecule has 0 aliphatic carbocycles. The first kappa shape index (κ1) is 11.6. The fourth-order valence-corrected chi connectivity index (χ4v) is 1.57. The summed E-state index contributed by atoms with van der Waals surface area (Å²) in [5, 5.41) is 0. The van der Waals surface area contributed by atoms with Gasteiger partial charge in [0.2, 0.25) is 0 Å². The molecular formula is C8H7F2NO3S. The van der Waals surface area contributed by atoms with Crippen molar-refractivity contribution >= 4 is 17.1 Å². The minimum atomic E-state index is -2.10. The summed E-state index contributed by atoms with van der Waals surface area (Å²) >= 11 is 0. The van der Waals surface area contributed by atoms with Crippen LogP contribution in [-0.4, -0.2) is 17.4 Å². The number of hydrogen-bond acceptors (Lipinski definition) is 3. The average Bonchev–Trinajstić information content (AvgIpc) is 2.17. The number of ether oxygens (including phenoxy) is 1. The van der Waals surface area contributed by atoms with Crippen molar-refractivity contribution in [2.24, 2.45) is 0 Å². The van der Waals surface area contributed by atoms with E-state index < -0.39 is 28.7 Å². The standard InChI is InChI=1S/C8H7F2NO3S/c1-14-8(12)11-15(13)7-3-2-5(9)4-6(7)10/h2-4H,1H3,(H,11,12). The van der Waals surface area contributed by atoms with Crippen LogP contribution in [0, 0.1) is 11.6 Å². The molecular weight excluding hydrogens is 228 g/mol. The number of methoxy groups -OCH3 is 1. The van der Waals surface area contributed by atoms with E-state index in [1.54, 1.807) is 0 Å². The van der Waals surface area contributed by atoms with Crippen molar-refractivity contribution < 1.29 is 22.5 Å². The van der Waals surface area contributed by atoms with Crippen LogP contribution in [-0.2, 0) is 15.7 Å². The highest BCUT2D eigenvalue weighted by Gasteiger charge is 2.13. The lowest BCUT2D eigenvalue weighted by Crippen LogP contribution is -2.25. The lowest BCUT2D eigenvalue weighted by atomic mass is 10.3. The zero-order valence-electron chi connectivity index (χ0n) is 7.62. The minimum absolute atomic E-state index is 0.318. The van der Waals surface area contributed by atoms with E-state index in [4.69, 9.17) is 0 Å². The Morgan fingerprint density at radius 1 is 1.47 bits per heavy atom. The number of amides is 1. The van der Waals surface area contributed by atoms with E-state index in [-0.39, 0.29) is 4.90 Å². The molecule has 0 fully saturated rings. The Kier molecular flexibility index (Phi) is 3.73. The Bertz CT molecular complexity index is 411. The van der Waals surface area contributed by atoms with Gasteiger partial charge in [0.05, 0.1) is 12.0 Å². The maximum absolute atomic E-state index is 13.0. The molecule has 82 valence electrons. The van der Waals surface area contributed by atoms with E-state index in [9.17, 15) is 17.8 Å². The topological polar surface area (TPSA) is 55.4 Å². The molecule has 7 heteroatoms. The third-order valence-electron chi connectivity index (χ3n) is 1.46. The Morgan fingerprint density at radius 2 is 2.13 bits per heavy atom. The van der Waals surface area contributed by atoms with Crippen molar-refractivity contribution in [3.05, 3.63) is 29.8 Å². The second-order valence-corrected chi connectivity index (χ2v) is 3.62. The first-order chi connectivity index (χ1) is 7.04. The van der Waals surface area contributed by atoms with E-state index in [1.165, 1.54) is 0 Å². The van der Waals surface area contributed by atoms with Crippen molar-refractivity contribution in [1.29, 1.82) is 0 Å². The van der Waals surface area contributed by atoms with Gasteiger partial charge >= 0.3 is 6.09 Å². The molecule has 0 aliphatic heterocycles. The SMILES string of the molecule is COC(=O)NS(=O)c1ccc(F)cc1F. The smallest absolute Gasteiger partial charge is 0.419 e. The Morgan fingerprint density at radius 3 is 2.67 bits per heavy atom. The van der Waals surface area contributed by atoms with Gasteiger partial charge in [-0.05, 0) is 12.1 Å². The number of nitrogens with one attached hydrogen (secondary N) is 1. The molecule has 4 nitrogen and oxygen atoms in total. The second-order valence-electron chi connectivity index (χ2n) is 2.44. The van der Waals surface area contributed by atoms with E-state index in [0.717, 1.165) is 19.2 Å². The average molecular weight is 235 g/mol. The fraction of sp³-hybridized carbons (Fsp3) is 0.125. The van der Waals surface area contributed by atoms with Crippen LogP contribution >= 0.6 is 0 Å². The highest BCUT2D eigenvalue weighted by atomic mass is 32.2. The van der Waals surface area contributed by atoms with Gasteiger partial charge < -0.3 is 4.74 Å². The van der Waals surface area contributed by atoms with Crippen LogP contribution in [0.25, 0.3) is 0 Å². The fourth-order valence-electron chi connectivity index (χ4n) is 0.798. The number of carbonyl (C=O) groups excluding carboxylic acids is 1. The molecule has 1 atom stereocenters. The molecule has 1 aromatic carbocycles. The van der Waals surface area contributed by atoms with E-state index >= 15 is 0 Å². The Balaban J connectivity index is 2.87. The number of hydrogen-bond donors (Lipinski definition) is 1. The van der Waals surface area contributed by atoms with Crippen molar-refractivity contribution in [3.8, 4) is 0 Å². The Labute approximate surface area is 86.8 Å². The molecule has 0 saturated carbocycles. The lowest BCUT2D eigenvalue weighted by molar-refractivity contribution is 0.178. The van der Waals surface area contributed by atoms with Crippen LogP contribution in [0.1, 0.15) is 0 Å². The molecule has 1 amide bonds. The quantitative estimate of drug-likeness (QED) is 0.841. The van der Waals surface area contributed by atoms with Crippen molar-refractivity contribution in [2.75, 3.05) is 7.11 Å². The first-order valence-corrected chi connectivity index (χ1v) is 4.91. The molecule has 0 bridgehead atoms. The van der Waals surface area contributed by atoms with Gasteiger partial charge in [-0.15, -0.1) is 0 Å². The molecule has 1 N–H and O–H groups in total. The molecule has 0 saturated heterocycles. The first-order valence-electron chi connectivity index (χ1n) is 3.76. The maximum Gasteiger partial charge on any atom is 0.419 e. The summed E-state index contributed by atoms with van der Waals surface area (Å²) in [5.74, 6) is -1.78. The van der Waals surface area contributed by atoms with Gasteiger partial charge in [0, 0.05) is 6.07 Å². The summed E-state index contributed by atoms with van der Waals surface area (Å²) in [5.41, 5.74) is 0. The molecule has 1 rings (SSSR count). The monoisotopic (exact) mass is 235 g/mol. The van der Waals surface area contributed by atoms with Gasteiger partial charge in [0.15, 0.2) is 11.0 Å². The molecule has 0 aromatic heterocycles. The number of carbonyl (C=O) groups is 1. The highest BCUT2D eigenvalue weighted by Crippen LogP contribution is 2.12. The van der Waals surface area contributed by atoms with Crippen molar-refractivity contribution in [2.45, 2.75) is 4.90 Å². The summed E-state index contributed by atoms with van der Waals surface area (Å²) in [4.78, 5) is 10.3. The van der Waals surface area contributed by atoms with Gasteiger partial charge in [-0.1, -0.05) is 0 Å². The van der Waals surface area contributed by atoms with Crippen LogP contribution in [0.2, 0.25) is 0 Å².